The van der Waals surface area contributed by atoms with Crippen LogP contribution < -0.4 is 0 Å². The Labute approximate surface area is 96.6 Å². The molecule has 90 valence electrons. The number of aliphatic hydroxyl groups excluding tert-OH is 1. The Balaban J connectivity index is 3.46. The third kappa shape index (κ3) is 8.88. The fraction of sp³-hybridized carbons (Fsp3) is 0.846. The monoisotopic (exact) mass is 228 g/mol. The van der Waals surface area contributed by atoms with E-state index in [0.29, 0.717) is 0 Å². The van der Waals surface area contributed by atoms with Crippen LogP contribution in [0.3, 0.4) is 0 Å². The topological polar surface area (TPSA) is 20.2 Å². The van der Waals surface area contributed by atoms with Gasteiger partial charge in [0.05, 0.1) is 13.8 Å². The second-order valence-electron chi connectivity index (χ2n) is 5.44. The minimum Gasteiger partial charge on any atom is -0.393 e. The van der Waals surface area contributed by atoms with Gasteiger partial charge in [0.2, 0.25) is 0 Å². The van der Waals surface area contributed by atoms with E-state index in [1.165, 1.54) is 32.1 Å². The van der Waals surface area contributed by atoms with Crippen molar-refractivity contribution in [3.05, 3.63) is 12.2 Å². The Morgan fingerprint density at radius 2 is 1.67 bits per heavy atom. The van der Waals surface area contributed by atoms with E-state index in [2.05, 4.69) is 32.6 Å². The van der Waals surface area contributed by atoms with Crippen LogP contribution in [0.15, 0.2) is 12.2 Å². The predicted molar refractivity (Wildman–Crippen MR) is 71.9 cm³/mol. The molecule has 0 aromatic carbocycles. The van der Waals surface area contributed by atoms with E-state index < -0.39 is 8.07 Å². The maximum Gasteiger partial charge on any atom is 0.0830 e. The minimum absolute atomic E-state index is 0.173. The first-order valence-electron chi connectivity index (χ1n) is 6.33. The molecule has 0 heterocycles. The molecular formula is C13H28OSi. The molecule has 1 unspecified atom stereocenters. The average molecular weight is 228 g/mol. The van der Waals surface area contributed by atoms with Crippen molar-refractivity contribution in [3.8, 4) is 0 Å². The zero-order valence-electron chi connectivity index (χ0n) is 10.9. The molecule has 0 saturated carbocycles. The Hall–Kier alpha value is -0.0831. The minimum atomic E-state index is -1.37. The molecule has 0 aromatic heterocycles. The average Bonchev–Trinajstić information content (AvgIpc) is 2.14. The Morgan fingerprint density at radius 3 is 2.20 bits per heavy atom. The number of unbranched alkanes of at least 4 members (excludes halogenated alkanes) is 5. The van der Waals surface area contributed by atoms with Crippen LogP contribution in [-0.2, 0) is 0 Å². The molecule has 0 aromatic rings. The third-order valence-electron chi connectivity index (χ3n) is 2.68. The number of rotatable bonds is 8. The molecule has 1 nitrogen and oxygen atoms in total. The van der Waals surface area contributed by atoms with Gasteiger partial charge in [-0.1, -0.05) is 64.4 Å². The highest BCUT2D eigenvalue weighted by Crippen LogP contribution is 2.10. The van der Waals surface area contributed by atoms with E-state index in [1.807, 2.05) is 6.08 Å². The van der Waals surface area contributed by atoms with Crippen LogP contribution in [0.25, 0.3) is 0 Å². The van der Waals surface area contributed by atoms with E-state index in [4.69, 9.17) is 0 Å². The highest BCUT2D eigenvalue weighted by atomic mass is 28.3. The summed E-state index contributed by atoms with van der Waals surface area (Å²) in [6.07, 6.45) is 11.9. The van der Waals surface area contributed by atoms with Gasteiger partial charge < -0.3 is 5.11 Å². The summed E-state index contributed by atoms with van der Waals surface area (Å²) in [5, 5.41) is 9.80. The van der Waals surface area contributed by atoms with Crippen molar-refractivity contribution in [2.24, 2.45) is 0 Å². The molecule has 0 bridgehead atoms. The van der Waals surface area contributed by atoms with Crippen molar-refractivity contribution in [2.75, 3.05) is 0 Å². The standard InChI is InChI=1S/C13H28OSi/c1-5-6-7-8-9-10-11-12-13(14)15(2,3)4/h11-14H,5-10H2,1-4H3/b12-11+. The molecule has 1 atom stereocenters. The summed E-state index contributed by atoms with van der Waals surface area (Å²) in [5.74, 6) is 0. The number of hydrogen-bond acceptors (Lipinski definition) is 1. The van der Waals surface area contributed by atoms with Crippen molar-refractivity contribution in [2.45, 2.75) is 70.8 Å². The zero-order valence-corrected chi connectivity index (χ0v) is 11.9. The zero-order chi connectivity index (χ0) is 11.7. The van der Waals surface area contributed by atoms with Crippen LogP contribution in [0.5, 0.6) is 0 Å². The molecule has 0 saturated heterocycles. The fourth-order valence-corrected chi connectivity index (χ4v) is 2.09. The van der Waals surface area contributed by atoms with E-state index >= 15 is 0 Å². The van der Waals surface area contributed by atoms with Crippen LogP contribution in [0, 0.1) is 0 Å². The Morgan fingerprint density at radius 1 is 1.07 bits per heavy atom. The number of allylic oxidation sites excluding steroid dienone is 1. The number of aliphatic hydroxyl groups is 1. The smallest absolute Gasteiger partial charge is 0.0830 e. The highest BCUT2D eigenvalue weighted by Gasteiger charge is 2.21. The van der Waals surface area contributed by atoms with Crippen LogP contribution in [0.2, 0.25) is 19.6 Å². The van der Waals surface area contributed by atoms with Gasteiger partial charge in [-0.25, -0.2) is 0 Å². The highest BCUT2D eigenvalue weighted by molar-refractivity contribution is 6.77. The Kier molecular flexibility index (Phi) is 8.07. The first-order chi connectivity index (χ1) is 6.98. The SMILES string of the molecule is CCCCCCC/C=C/C(O)[Si](C)(C)C. The predicted octanol–water partition coefficient (Wildman–Crippen LogP) is 4.14. The van der Waals surface area contributed by atoms with Crippen LogP contribution in [-0.4, -0.2) is 18.9 Å². The summed E-state index contributed by atoms with van der Waals surface area (Å²) in [5.41, 5.74) is -0.173. The van der Waals surface area contributed by atoms with Gasteiger partial charge >= 0.3 is 0 Å². The van der Waals surface area contributed by atoms with E-state index in [0.717, 1.165) is 6.42 Å². The van der Waals surface area contributed by atoms with Crippen LogP contribution >= 0.6 is 0 Å². The van der Waals surface area contributed by atoms with E-state index in [9.17, 15) is 5.11 Å². The van der Waals surface area contributed by atoms with Gasteiger partial charge in [-0.3, -0.25) is 0 Å². The van der Waals surface area contributed by atoms with Crippen molar-refractivity contribution in [1.29, 1.82) is 0 Å². The molecule has 0 amide bonds. The molecule has 1 N–H and O–H groups in total. The van der Waals surface area contributed by atoms with Gasteiger partial charge in [-0.2, -0.15) is 0 Å². The van der Waals surface area contributed by atoms with Crippen molar-refractivity contribution in [3.63, 3.8) is 0 Å². The molecule has 2 heteroatoms. The summed E-state index contributed by atoms with van der Waals surface area (Å²) < 4.78 is 0. The normalized spacial score (nSPS) is 14.7. The maximum atomic E-state index is 9.80. The fourth-order valence-electron chi connectivity index (χ4n) is 1.38. The van der Waals surface area contributed by atoms with Gasteiger partial charge in [0.25, 0.3) is 0 Å². The molecule has 0 aliphatic rings. The quantitative estimate of drug-likeness (QED) is 0.376. The molecule has 0 rings (SSSR count). The second kappa shape index (κ2) is 8.11. The van der Waals surface area contributed by atoms with Crippen molar-refractivity contribution in [1.82, 2.24) is 0 Å². The van der Waals surface area contributed by atoms with Gasteiger partial charge in [0, 0.05) is 0 Å². The van der Waals surface area contributed by atoms with E-state index in [1.54, 1.807) is 0 Å². The summed E-state index contributed by atoms with van der Waals surface area (Å²) in [7, 11) is -1.37. The Bertz CT molecular complexity index is 170. The first kappa shape index (κ1) is 14.9. The molecular weight excluding hydrogens is 200 g/mol. The molecule has 0 spiro atoms. The lowest BCUT2D eigenvalue weighted by Crippen LogP contribution is -2.36. The largest absolute Gasteiger partial charge is 0.393 e. The molecule has 0 aliphatic heterocycles. The third-order valence-corrected chi connectivity index (χ3v) is 4.65. The maximum absolute atomic E-state index is 9.80. The van der Waals surface area contributed by atoms with Gasteiger partial charge in [0.15, 0.2) is 0 Å². The first-order valence-corrected chi connectivity index (χ1v) is 9.91. The van der Waals surface area contributed by atoms with Crippen molar-refractivity contribution >= 4 is 8.07 Å². The van der Waals surface area contributed by atoms with Gasteiger partial charge in [-0.05, 0) is 12.8 Å². The van der Waals surface area contributed by atoms with Crippen LogP contribution in [0.1, 0.15) is 45.4 Å². The second-order valence-corrected chi connectivity index (χ2v) is 10.8. The lowest BCUT2D eigenvalue weighted by Gasteiger charge is -2.20. The number of hydrogen-bond donors (Lipinski definition) is 1. The summed E-state index contributed by atoms with van der Waals surface area (Å²) in [4.78, 5) is 0. The van der Waals surface area contributed by atoms with Crippen LogP contribution in [0.4, 0.5) is 0 Å². The summed E-state index contributed by atoms with van der Waals surface area (Å²) >= 11 is 0. The summed E-state index contributed by atoms with van der Waals surface area (Å²) in [6.45, 7) is 8.83. The lowest BCUT2D eigenvalue weighted by atomic mass is 10.1. The molecule has 0 radical (unpaired) electrons. The summed E-state index contributed by atoms with van der Waals surface area (Å²) in [6, 6.07) is 0. The molecule has 0 aliphatic carbocycles. The molecule has 15 heavy (non-hydrogen) atoms. The van der Waals surface area contributed by atoms with Crippen molar-refractivity contribution < 1.29 is 5.11 Å². The van der Waals surface area contributed by atoms with Gasteiger partial charge in [0.1, 0.15) is 0 Å². The lowest BCUT2D eigenvalue weighted by molar-refractivity contribution is 0.290. The van der Waals surface area contributed by atoms with E-state index in [-0.39, 0.29) is 5.73 Å². The van der Waals surface area contributed by atoms with Gasteiger partial charge in [-0.15, -0.1) is 0 Å². The molecule has 0 fully saturated rings.